The summed E-state index contributed by atoms with van der Waals surface area (Å²) in [5.74, 6) is 0.0325. The summed E-state index contributed by atoms with van der Waals surface area (Å²) in [5.41, 5.74) is 2.23. The summed E-state index contributed by atoms with van der Waals surface area (Å²) in [6.45, 7) is -0.668. The number of urea groups is 1. The molecule has 2 amide bonds. The number of rotatable bonds is 5. The number of nitrogens with zero attached hydrogens (tertiary/aromatic N) is 1. The van der Waals surface area contributed by atoms with Gasteiger partial charge in [-0.05, 0) is 42.8 Å². The monoisotopic (exact) mass is 307 g/mol. The zero-order valence-electron chi connectivity index (χ0n) is 11.8. The van der Waals surface area contributed by atoms with Gasteiger partial charge in [0.25, 0.3) is 0 Å². The molecule has 0 saturated heterocycles. The molecule has 1 aromatic heterocycles. The number of benzene rings is 1. The third-order valence-corrected chi connectivity index (χ3v) is 2.87. The highest BCUT2D eigenvalue weighted by atomic mass is 19.3. The Labute approximate surface area is 126 Å². The van der Waals surface area contributed by atoms with Crippen LogP contribution in [0.4, 0.5) is 19.3 Å². The Balaban J connectivity index is 1.85. The second-order valence-electron chi connectivity index (χ2n) is 4.48. The predicted octanol–water partition coefficient (Wildman–Crippen LogP) is 3.31. The molecular formula is C15H15F2N3O2. The zero-order chi connectivity index (χ0) is 15.9. The first-order valence-electron chi connectivity index (χ1n) is 6.55. The molecule has 0 saturated carbocycles. The molecule has 7 heteroatoms. The molecule has 0 atom stereocenters. The third-order valence-electron chi connectivity index (χ3n) is 2.87. The van der Waals surface area contributed by atoms with Gasteiger partial charge in [-0.25, -0.2) is 4.79 Å². The van der Waals surface area contributed by atoms with Crippen LogP contribution in [-0.2, 0) is 6.54 Å². The van der Waals surface area contributed by atoms with Crippen LogP contribution in [0.5, 0.6) is 5.75 Å². The van der Waals surface area contributed by atoms with Crippen molar-refractivity contribution in [2.24, 2.45) is 0 Å². The number of anilines is 1. The van der Waals surface area contributed by atoms with Gasteiger partial charge in [0.1, 0.15) is 5.75 Å². The van der Waals surface area contributed by atoms with Gasteiger partial charge in [0.2, 0.25) is 0 Å². The fourth-order valence-corrected chi connectivity index (χ4v) is 1.76. The number of halogens is 2. The molecule has 0 radical (unpaired) electrons. The van der Waals surface area contributed by atoms with E-state index in [1.54, 1.807) is 6.20 Å². The average Bonchev–Trinajstić information content (AvgIpc) is 2.48. The minimum Gasteiger partial charge on any atom is -0.435 e. The first kappa shape index (κ1) is 15.7. The van der Waals surface area contributed by atoms with Crippen molar-refractivity contribution in [2.45, 2.75) is 20.1 Å². The lowest BCUT2D eigenvalue weighted by Crippen LogP contribution is -2.28. The summed E-state index contributed by atoms with van der Waals surface area (Å²) < 4.78 is 28.3. The predicted molar refractivity (Wildman–Crippen MR) is 77.9 cm³/mol. The minimum absolute atomic E-state index is 0.0325. The summed E-state index contributed by atoms with van der Waals surface area (Å²) in [5, 5.41) is 5.26. The lowest BCUT2D eigenvalue weighted by Gasteiger charge is -2.09. The van der Waals surface area contributed by atoms with Crippen molar-refractivity contribution < 1.29 is 18.3 Å². The lowest BCUT2D eigenvalue weighted by molar-refractivity contribution is -0.0498. The number of hydrogen-bond donors (Lipinski definition) is 2. The zero-order valence-corrected chi connectivity index (χ0v) is 11.8. The van der Waals surface area contributed by atoms with E-state index in [1.807, 2.05) is 19.1 Å². The van der Waals surface area contributed by atoms with Crippen molar-refractivity contribution in [1.29, 1.82) is 0 Å². The maximum Gasteiger partial charge on any atom is 0.387 e. The molecule has 0 spiro atoms. The Kier molecular flexibility index (Phi) is 5.24. The summed E-state index contributed by atoms with van der Waals surface area (Å²) >= 11 is 0. The van der Waals surface area contributed by atoms with Crippen molar-refractivity contribution in [3.63, 3.8) is 0 Å². The first-order valence-corrected chi connectivity index (χ1v) is 6.55. The standard InChI is InChI=1S/C15H15F2N3O2/c1-10-3-2-8-18-13(10)9-19-15(21)20-11-4-6-12(7-5-11)22-14(16)17/h2-8,14H,9H2,1H3,(H2,19,20,21). The van der Waals surface area contributed by atoms with E-state index < -0.39 is 12.6 Å². The number of ether oxygens (including phenoxy) is 1. The largest absolute Gasteiger partial charge is 0.435 e. The SMILES string of the molecule is Cc1cccnc1CNC(=O)Nc1ccc(OC(F)F)cc1. The van der Waals surface area contributed by atoms with E-state index in [4.69, 9.17) is 0 Å². The van der Waals surface area contributed by atoms with Crippen molar-refractivity contribution in [2.75, 3.05) is 5.32 Å². The topological polar surface area (TPSA) is 63.2 Å². The number of pyridine rings is 1. The number of aromatic nitrogens is 1. The molecule has 5 nitrogen and oxygen atoms in total. The van der Waals surface area contributed by atoms with Gasteiger partial charge < -0.3 is 15.4 Å². The molecule has 116 valence electrons. The van der Waals surface area contributed by atoms with Crippen LogP contribution < -0.4 is 15.4 Å². The van der Waals surface area contributed by atoms with E-state index >= 15 is 0 Å². The van der Waals surface area contributed by atoms with Crippen LogP contribution in [0.15, 0.2) is 42.6 Å². The molecule has 0 fully saturated rings. The minimum atomic E-state index is -2.87. The van der Waals surface area contributed by atoms with Crippen molar-refractivity contribution in [1.82, 2.24) is 10.3 Å². The molecule has 0 unspecified atom stereocenters. The summed E-state index contributed by atoms with van der Waals surface area (Å²) in [6.07, 6.45) is 1.66. The van der Waals surface area contributed by atoms with Crippen LogP contribution in [-0.4, -0.2) is 17.6 Å². The highest BCUT2D eigenvalue weighted by Crippen LogP contribution is 2.17. The number of alkyl halides is 2. The lowest BCUT2D eigenvalue weighted by atomic mass is 10.2. The molecule has 1 aromatic carbocycles. The maximum absolute atomic E-state index is 12.0. The van der Waals surface area contributed by atoms with Gasteiger partial charge in [0.05, 0.1) is 12.2 Å². The Morgan fingerprint density at radius 2 is 2.00 bits per heavy atom. The highest BCUT2D eigenvalue weighted by molar-refractivity contribution is 5.89. The molecule has 1 heterocycles. The molecule has 2 N–H and O–H groups in total. The number of nitrogens with one attached hydrogen (secondary N) is 2. The maximum atomic E-state index is 12.0. The van der Waals surface area contributed by atoms with Crippen molar-refractivity contribution in [3.05, 3.63) is 53.9 Å². The Bertz CT molecular complexity index is 633. The fourth-order valence-electron chi connectivity index (χ4n) is 1.76. The van der Waals surface area contributed by atoms with E-state index in [0.29, 0.717) is 12.2 Å². The second kappa shape index (κ2) is 7.35. The van der Waals surface area contributed by atoms with Crippen LogP contribution in [0.3, 0.4) is 0 Å². The number of hydrogen-bond acceptors (Lipinski definition) is 3. The van der Waals surface area contributed by atoms with Gasteiger partial charge in [0, 0.05) is 11.9 Å². The molecule has 0 aliphatic carbocycles. The number of aryl methyl sites for hydroxylation is 1. The summed E-state index contributed by atoms with van der Waals surface area (Å²) in [4.78, 5) is 15.9. The van der Waals surface area contributed by atoms with Gasteiger partial charge in [-0.3, -0.25) is 4.98 Å². The fraction of sp³-hybridized carbons (Fsp3) is 0.200. The van der Waals surface area contributed by atoms with Crippen LogP contribution in [0.25, 0.3) is 0 Å². The van der Waals surface area contributed by atoms with Gasteiger partial charge in [0.15, 0.2) is 0 Å². The highest BCUT2D eigenvalue weighted by Gasteiger charge is 2.06. The van der Waals surface area contributed by atoms with Crippen molar-refractivity contribution in [3.8, 4) is 5.75 Å². The smallest absolute Gasteiger partial charge is 0.387 e. The quantitative estimate of drug-likeness (QED) is 0.890. The van der Waals surface area contributed by atoms with E-state index in [2.05, 4.69) is 20.4 Å². The average molecular weight is 307 g/mol. The van der Waals surface area contributed by atoms with E-state index in [1.165, 1.54) is 24.3 Å². The molecule has 0 aliphatic rings. The van der Waals surface area contributed by atoms with E-state index in [0.717, 1.165) is 11.3 Å². The first-order chi connectivity index (χ1) is 10.5. The third kappa shape index (κ3) is 4.69. The molecule has 0 bridgehead atoms. The van der Waals surface area contributed by atoms with Crippen LogP contribution in [0.1, 0.15) is 11.3 Å². The number of carbonyl (C=O) groups excluding carboxylic acids is 1. The number of carbonyl (C=O) groups is 1. The van der Waals surface area contributed by atoms with E-state index in [9.17, 15) is 13.6 Å². The normalized spacial score (nSPS) is 10.4. The van der Waals surface area contributed by atoms with Gasteiger partial charge >= 0.3 is 12.6 Å². The Morgan fingerprint density at radius 3 is 2.64 bits per heavy atom. The Hall–Kier alpha value is -2.70. The summed E-state index contributed by atoms with van der Waals surface area (Å²) in [7, 11) is 0. The Morgan fingerprint density at radius 1 is 1.27 bits per heavy atom. The van der Waals surface area contributed by atoms with Crippen molar-refractivity contribution >= 4 is 11.7 Å². The van der Waals surface area contributed by atoms with Gasteiger partial charge in [-0.15, -0.1) is 0 Å². The van der Waals surface area contributed by atoms with Gasteiger partial charge in [-0.2, -0.15) is 8.78 Å². The molecule has 2 aromatic rings. The number of amides is 2. The molecular weight excluding hydrogens is 292 g/mol. The second-order valence-corrected chi connectivity index (χ2v) is 4.48. The molecule has 2 rings (SSSR count). The van der Waals surface area contributed by atoms with Gasteiger partial charge in [-0.1, -0.05) is 6.07 Å². The van der Waals surface area contributed by atoms with Crippen LogP contribution in [0, 0.1) is 6.92 Å². The molecule has 22 heavy (non-hydrogen) atoms. The summed E-state index contributed by atoms with van der Waals surface area (Å²) in [6, 6.07) is 8.97. The molecule has 0 aliphatic heterocycles. The van der Waals surface area contributed by atoms with Crippen LogP contribution >= 0.6 is 0 Å². The van der Waals surface area contributed by atoms with E-state index in [-0.39, 0.29) is 5.75 Å². The van der Waals surface area contributed by atoms with Crippen LogP contribution in [0.2, 0.25) is 0 Å².